The highest BCUT2D eigenvalue weighted by molar-refractivity contribution is 5.69. The predicted octanol–water partition coefficient (Wildman–Crippen LogP) is 3.20. The molecule has 1 radical (unpaired) electrons. The maximum absolute atomic E-state index is 12.4. The Morgan fingerprint density at radius 3 is 2.31 bits per heavy atom. The van der Waals surface area contributed by atoms with Gasteiger partial charge in [0.05, 0.1) is 0 Å². The highest BCUT2D eigenvalue weighted by atomic mass is 19.4. The lowest BCUT2D eigenvalue weighted by atomic mass is 10.0. The van der Waals surface area contributed by atoms with Crippen molar-refractivity contribution in [2.45, 2.75) is 6.18 Å². The van der Waals surface area contributed by atoms with Gasteiger partial charge in [0.1, 0.15) is 5.92 Å². The van der Waals surface area contributed by atoms with Gasteiger partial charge in [0, 0.05) is 0 Å². The van der Waals surface area contributed by atoms with Gasteiger partial charge in [-0.1, -0.05) is 36.4 Å². The lowest BCUT2D eigenvalue weighted by molar-refractivity contribution is -0.103. The third-order valence-electron chi connectivity index (χ3n) is 1.99. The van der Waals surface area contributed by atoms with Crippen LogP contribution in [0, 0.1) is 5.92 Å². The Bertz CT molecular complexity index is 349. The number of benzene rings is 1. The summed E-state index contributed by atoms with van der Waals surface area (Å²) in [6, 6.07) is 6.49. The second-order valence-corrected chi connectivity index (χ2v) is 2.83. The van der Waals surface area contributed by atoms with Crippen molar-refractivity contribution in [2.75, 3.05) is 0 Å². The maximum Gasteiger partial charge on any atom is 0.403 e. The molecule has 0 spiro atoms. The van der Waals surface area contributed by atoms with Crippen LogP contribution in [0.2, 0.25) is 0 Å². The molecule has 0 atom stereocenters. The first-order valence-corrected chi connectivity index (χ1v) is 3.80. The van der Waals surface area contributed by atoms with Gasteiger partial charge >= 0.3 is 6.18 Å². The van der Waals surface area contributed by atoms with Gasteiger partial charge in [0.25, 0.3) is 0 Å². The third kappa shape index (κ3) is 1.34. The van der Waals surface area contributed by atoms with Crippen LogP contribution < -0.4 is 0 Å². The quantitative estimate of drug-likeness (QED) is 0.579. The summed E-state index contributed by atoms with van der Waals surface area (Å²) in [6.07, 6.45) is -1.65. The molecule has 67 valence electrons. The van der Waals surface area contributed by atoms with Gasteiger partial charge in [0.15, 0.2) is 0 Å². The summed E-state index contributed by atoms with van der Waals surface area (Å²) < 4.78 is 37.1. The van der Waals surface area contributed by atoms with E-state index >= 15 is 0 Å². The molecule has 0 N–H and O–H groups in total. The molecule has 0 bridgehead atoms. The van der Waals surface area contributed by atoms with E-state index < -0.39 is 12.1 Å². The minimum absolute atomic E-state index is 0.273. The standard InChI is InChI=1S/C10H6F3/c11-10(12,13)9-6-5-7-3-1-2-4-8(7)9/h1-6H. The Kier molecular flexibility index (Phi) is 1.68. The molecule has 0 amide bonds. The van der Waals surface area contributed by atoms with Crippen LogP contribution >= 0.6 is 0 Å². The lowest BCUT2D eigenvalue weighted by Crippen LogP contribution is -2.18. The highest BCUT2D eigenvalue weighted by Crippen LogP contribution is 2.40. The van der Waals surface area contributed by atoms with Gasteiger partial charge in [-0.05, 0) is 11.1 Å². The van der Waals surface area contributed by atoms with Crippen molar-refractivity contribution in [3.8, 4) is 0 Å². The molecule has 1 aromatic carbocycles. The molecule has 0 saturated carbocycles. The van der Waals surface area contributed by atoms with Crippen molar-refractivity contribution >= 4 is 6.08 Å². The van der Waals surface area contributed by atoms with Gasteiger partial charge in [-0.15, -0.1) is 0 Å². The summed E-state index contributed by atoms with van der Waals surface area (Å²) in [7, 11) is 0. The van der Waals surface area contributed by atoms with E-state index in [0.717, 1.165) is 6.08 Å². The fraction of sp³-hybridized carbons (Fsp3) is 0.100. The van der Waals surface area contributed by atoms with Crippen molar-refractivity contribution in [1.29, 1.82) is 0 Å². The Hall–Kier alpha value is -1.25. The zero-order chi connectivity index (χ0) is 9.47. The molecule has 0 heterocycles. The van der Waals surface area contributed by atoms with Gasteiger partial charge in [-0.2, -0.15) is 13.2 Å². The number of rotatable bonds is 0. The molecule has 0 saturated heterocycles. The van der Waals surface area contributed by atoms with E-state index in [9.17, 15) is 13.2 Å². The number of halogens is 3. The minimum Gasteiger partial charge on any atom is -0.170 e. The van der Waals surface area contributed by atoms with E-state index in [1.165, 1.54) is 12.1 Å². The normalized spacial score (nSPS) is 16.2. The summed E-state index contributed by atoms with van der Waals surface area (Å²) in [4.78, 5) is 0. The van der Waals surface area contributed by atoms with Gasteiger partial charge in [0.2, 0.25) is 0 Å². The summed E-state index contributed by atoms with van der Waals surface area (Å²) in [5.41, 5.74) is 0.907. The molecular weight excluding hydrogens is 177 g/mol. The maximum atomic E-state index is 12.4. The molecule has 2 rings (SSSR count). The topological polar surface area (TPSA) is 0 Å². The Balaban J connectivity index is 2.45. The molecule has 1 aliphatic carbocycles. The smallest absolute Gasteiger partial charge is 0.170 e. The van der Waals surface area contributed by atoms with Crippen LogP contribution in [-0.2, 0) is 0 Å². The first kappa shape index (κ1) is 8.35. The summed E-state index contributed by atoms with van der Waals surface area (Å²) in [5, 5.41) is 0. The first-order valence-electron chi connectivity index (χ1n) is 3.80. The molecule has 1 aromatic rings. The monoisotopic (exact) mass is 183 g/mol. The van der Waals surface area contributed by atoms with E-state index in [-0.39, 0.29) is 5.56 Å². The van der Waals surface area contributed by atoms with Crippen LogP contribution in [0.5, 0.6) is 0 Å². The Labute approximate surface area is 73.7 Å². The van der Waals surface area contributed by atoms with E-state index in [1.807, 2.05) is 0 Å². The molecule has 1 aliphatic rings. The molecule has 3 heteroatoms. The average Bonchev–Trinajstić information content (AvgIpc) is 2.45. The van der Waals surface area contributed by atoms with Gasteiger partial charge < -0.3 is 0 Å². The van der Waals surface area contributed by atoms with Crippen molar-refractivity contribution in [3.05, 3.63) is 47.4 Å². The van der Waals surface area contributed by atoms with Gasteiger partial charge in [-0.3, -0.25) is 0 Å². The Morgan fingerprint density at radius 2 is 1.62 bits per heavy atom. The molecule has 13 heavy (non-hydrogen) atoms. The summed E-state index contributed by atoms with van der Waals surface area (Å²) in [6.45, 7) is 0. The molecular formula is C10H6F3. The minimum atomic E-state index is -4.25. The van der Waals surface area contributed by atoms with Gasteiger partial charge in [-0.25, -0.2) is 0 Å². The average molecular weight is 183 g/mol. The zero-order valence-electron chi connectivity index (χ0n) is 6.60. The van der Waals surface area contributed by atoms with Crippen LogP contribution in [0.25, 0.3) is 6.08 Å². The number of hydrogen-bond donors (Lipinski definition) is 0. The first-order chi connectivity index (χ1) is 6.09. The van der Waals surface area contributed by atoms with Crippen LogP contribution in [0.1, 0.15) is 11.1 Å². The molecule has 0 nitrogen and oxygen atoms in total. The zero-order valence-corrected chi connectivity index (χ0v) is 6.60. The fourth-order valence-corrected chi connectivity index (χ4v) is 1.40. The highest BCUT2D eigenvalue weighted by Gasteiger charge is 2.42. The van der Waals surface area contributed by atoms with Crippen LogP contribution in [-0.4, -0.2) is 6.18 Å². The number of hydrogen-bond acceptors (Lipinski definition) is 0. The van der Waals surface area contributed by atoms with Crippen molar-refractivity contribution in [1.82, 2.24) is 0 Å². The second-order valence-electron chi connectivity index (χ2n) is 2.83. The van der Waals surface area contributed by atoms with Crippen molar-refractivity contribution in [2.24, 2.45) is 0 Å². The van der Waals surface area contributed by atoms with E-state index in [2.05, 4.69) is 0 Å². The Morgan fingerprint density at radius 1 is 0.923 bits per heavy atom. The third-order valence-corrected chi connectivity index (χ3v) is 1.99. The van der Waals surface area contributed by atoms with Crippen LogP contribution in [0.15, 0.2) is 30.3 Å². The van der Waals surface area contributed by atoms with E-state index in [4.69, 9.17) is 0 Å². The molecule has 0 unspecified atom stereocenters. The number of fused-ring (bicyclic) bond motifs is 1. The van der Waals surface area contributed by atoms with Crippen LogP contribution in [0.4, 0.5) is 13.2 Å². The second kappa shape index (κ2) is 2.62. The van der Waals surface area contributed by atoms with Crippen LogP contribution in [0.3, 0.4) is 0 Å². The fourth-order valence-electron chi connectivity index (χ4n) is 1.40. The predicted molar refractivity (Wildman–Crippen MR) is 43.9 cm³/mol. The molecule has 0 aromatic heterocycles. The largest absolute Gasteiger partial charge is 0.403 e. The lowest BCUT2D eigenvalue weighted by Gasteiger charge is -2.13. The summed E-state index contributed by atoms with van der Waals surface area (Å²) in [5.74, 6) is -0.553. The van der Waals surface area contributed by atoms with E-state index in [0.29, 0.717) is 5.56 Å². The molecule has 0 fully saturated rings. The van der Waals surface area contributed by atoms with Crippen molar-refractivity contribution in [3.63, 3.8) is 0 Å². The number of allylic oxidation sites excluding steroid dienone is 1. The number of alkyl halides is 3. The van der Waals surface area contributed by atoms with Crippen molar-refractivity contribution < 1.29 is 13.2 Å². The SMILES string of the molecule is FC(F)(F)[C]1C=Cc2ccccc21. The summed E-state index contributed by atoms with van der Waals surface area (Å²) >= 11 is 0. The van der Waals surface area contributed by atoms with E-state index in [1.54, 1.807) is 18.2 Å². The molecule has 0 aliphatic heterocycles.